The first-order valence-electron chi connectivity index (χ1n) is 7.72. The van der Waals surface area contributed by atoms with Gasteiger partial charge in [-0.25, -0.2) is 9.79 Å². The minimum atomic E-state index is -1.00. The van der Waals surface area contributed by atoms with Gasteiger partial charge in [-0.05, 0) is 36.2 Å². The van der Waals surface area contributed by atoms with E-state index in [2.05, 4.69) is 4.99 Å². The maximum absolute atomic E-state index is 11.6. The molecule has 0 saturated carbocycles. The summed E-state index contributed by atoms with van der Waals surface area (Å²) in [5.74, 6) is -0.385. The third kappa shape index (κ3) is 4.92. The van der Waals surface area contributed by atoms with Gasteiger partial charge in [0.05, 0.1) is 0 Å². The molecule has 3 rings (SSSR count). The van der Waals surface area contributed by atoms with Crippen molar-refractivity contribution in [1.29, 1.82) is 0 Å². The summed E-state index contributed by atoms with van der Waals surface area (Å²) < 4.78 is 1.91. The summed E-state index contributed by atoms with van der Waals surface area (Å²) in [6.45, 7) is 1.97. The Morgan fingerprint density at radius 2 is 1.64 bits per heavy atom. The van der Waals surface area contributed by atoms with Crippen molar-refractivity contribution in [3.63, 3.8) is 0 Å². The number of aliphatic carboxylic acids is 1. The second-order valence-corrected chi connectivity index (χ2v) is 5.61. The van der Waals surface area contributed by atoms with Crippen LogP contribution in [0, 0.1) is 6.92 Å². The number of aryl methyl sites for hydroxylation is 1. The predicted molar refractivity (Wildman–Crippen MR) is 103 cm³/mol. The monoisotopic (exact) mass is 342 g/mol. The van der Waals surface area contributed by atoms with Crippen LogP contribution in [-0.2, 0) is 11.2 Å². The molecule has 1 N–H and O–H groups in total. The molecule has 0 aliphatic rings. The van der Waals surface area contributed by atoms with Crippen molar-refractivity contribution in [2.75, 3.05) is 0 Å². The Labute approximate surface area is 169 Å². The Morgan fingerprint density at radius 1 is 1.04 bits per heavy atom. The van der Waals surface area contributed by atoms with Gasteiger partial charge in [-0.15, -0.1) is 0 Å². The van der Waals surface area contributed by atoms with Gasteiger partial charge >= 0.3 is 35.5 Å². The van der Waals surface area contributed by atoms with Crippen LogP contribution in [0.5, 0.6) is 0 Å². The maximum atomic E-state index is 11.6. The number of carboxylic acids is 1. The molecular weight excluding hydrogens is 323 g/mol. The molecule has 4 nitrogen and oxygen atoms in total. The van der Waals surface area contributed by atoms with Gasteiger partial charge in [0.2, 0.25) is 0 Å². The van der Waals surface area contributed by atoms with Crippen LogP contribution < -0.4 is 0 Å². The first kappa shape index (κ1) is 19.2. The molecule has 25 heavy (non-hydrogen) atoms. The molecule has 0 unspecified atom stereocenters. The number of hydrogen-bond acceptors (Lipinski definition) is 2. The van der Waals surface area contributed by atoms with Crippen molar-refractivity contribution < 1.29 is 9.90 Å². The summed E-state index contributed by atoms with van der Waals surface area (Å²) in [7, 11) is 0. The Balaban J connectivity index is 0.00000225. The normalized spacial score (nSPS) is 11.0. The number of carbonyl (C=O) groups is 1. The van der Waals surface area contributed by atoms with Crippen LogP contribution in [-0.4, -0.2) is 50.9 Å². The summed E-state index contributed by atoms with van der Waals surface area (Å²) in [6, 6.07) is 21.2. The average Bonchev–Trinajstić information content (AvgIpc) is 2.96. The van der Waals surface area contributed by atoms with E-state index in [1.165, 1.54) is 0 Å². The average molecular weight is 342 g/mol. The van der Waals surface area contributed by atoms with Gasteiger partial charge in [-0.2, -0.15) is 0 Å². The van der Waals surface area contributed by atoms with Crippen LogP contribution in [0.15, 0.2) is 77.9 Å². The molecule has 0 aliphatic carbocycles. The van der Waals surface area contributed by atoms with Crippen LogP contribution in [0.1, 0.15) is 11.1 Å². The molecule has 1 aromatic heterocycles. The van der Waals surface area contributed by atoms with Crippen molar-refractivity contribution in [1.82, 2.24) is 4.57 Å². The van der Waals surface area contributed by atoms with E-state index in [-0.39, 0.29) is 41.7 Å². The van der Waals surface area contributed by atoms with Crippen molar-refractivity contribution in [3.8, 4) is 5.69 Å². The second-order valence-electron chi connectivity index (χ2n) is 5.61. The second kappa shape index (κ2) is 8.81. The summed E-state index contributed by atoms with van der Waals surface area (Å²) in [5.41, 5.74) is 3.03. The molecule has 3 aromatic rings. The zero-order valence-electron chi connectivity index (χ0n) is 13.4. The number of nitrogens with zero attached hydrogens (tertiary/aromatic N) is 2. The molecule has 1 heterocycles. The van der Waals surface area contributed by atoms with E-state index in [9.17, 15) is 9.90 Å². The van der Waals surface area contributed by atoms with Crippen LogP contribution in [0.2, 0.25) is 0 Å². The molecule has 122 valence electrons. The van der Waals surface area contributed by atoms with Crippen molar-refractivity contribution in [2.24, 2.45) is 4.99 Å². The third-order valence-corrected chi connectivity index (χ3v) is 3.68. The number of benzene rings is 2. The van der Waals surface area contributed by atoms with Gasteiger partial charge in [0.15, 0.2) is 0 Å². The first-order valence-corrected chi connectivity index (χ1v) is 7.72. The van der Waals surface area contributed by atoms with Gasteiger partial charge in [0, 0.05) is 18.3 Å². The fourth-order valence-corrected chi connectivity index (χ4v) is 2.55. The first-order chi connectivity index (χ1) is 11.6. The number of aliphatic imine (C=N–C) groups is 1. The molecular formula is C20H19N2NaO2. The Kier molecular flexibility index (Phi) is 6.76. The van der Waals surface area contributed by atoms with E-state index in [1.54, 1.807) is 0 Å². The molecule has 0 saturated heterocycles. The fraction of sp³-hybridized carbons (Fsp3) is 0.100. The van der Waals surface area contributed by atoms with Gasteiger partial charge in [0.25, 0.3) is 0 Å². The fourth-order valence-electron chi connectivity index (χ4n) is 2.55. The van der Waals surface area contributed by atoms with E-state index >= 15 is 0 Å². The summed E-state index contributed by atoms with van der Waals surface area (Å²) >= 11 is 0. The standard InChI is InChI=1S/C20H18N2O2.Na.H/c1-15-12-19(22(14-15)17-10-6-3-7-11-17)21-18(20(23)24)13-16-8-4-2-5-9-16;;/h2-12,14H,13H2,1H3,(H,23,24);;/b21-18+;;. The summed E-state index contributed by atoms with van der Waals surface area (Å²) in [4.78, 5) is 16.1. The van der Waals surface area contributed by atoms with E-state index in [4.69, 9.17) is 0 Å². The zero-order valence-corrected chi connectivity index (χ0v) is 13.4. The zero-order chi connectivity index (χ0) is 16.9. The van der Waals surface area contributed by atoms with Crippen LogP contribution in [0.25, 0.3) is 5.69 Å². The van der Waals surface area contributed by atoms with E-state index in [0.29, 0.717) is 5.82 Å². The number of hydrogen-bond donors (Lipinski definition) is 1. The van der Waals surface area contributed by atoms with Crippen molar-refractivity contribution in [2.45, 2.75) is 13.3 Å². The van der Waals surface area contributed by atoms with E-state index in [1.807, 2.05) is 84.4 Å². The number of rotatable bonds is 5. The van der Waals surface area contributed by atoms with Gasteiger partial charge in [0.1, 0.15) is 11.5 Å². The Bertz CT molecular complexity index is 871. The molecule has 0 aliphatic heterocycles. The third-order valence-electron chi connectivity index (χ3n) is 3.68. The van der Waals surface area contributed by atoms with Gasteiger partial charge < -0.3 is 9.67 Å². The topological polar surface area (TPSA) is 54.6 Å². The minimum absolute atomic E-state index is 0. The number of aromatic nitrogens is 1. The van der Waals surface area contributed by atoms with E-state index < -0.39 is 5.97 Å². The number of carboxylic acid groups (broad SMARTS) is 1. The molecule has 0 spiro atoms. The summed E-state index contributed by atoms with van der Waals surface area (Å²) in [6.07, 6.45) is 2.24. The molecule has 2 aromatic carbocycles. The molecule has 0 amide bonds. The SMILES string of the molecule is Cc1cc(/N=C(\Cc2ccccc2)C(=O)O)n(-c2ccccc2)c1.[NaH]. The van der Waals surface area contributed by atoms with Crippen LogP contribution in [0.4, 0.5) is 5.82 Å². The van der Waals surface area contributed by atoms with Gasteiger partial charge in [-0.1, -0.05) is 48.5 Å². The quantitative estimate of drug-likeness (QED) is 0.570. The summed E-state index contributed by atoms with van der Waals surface area (Å²) in [5, 5.41) is 9.52. The number of para-hydroxylation sites is 1. The Hall–Kier alpha value is -2.14. The molecule has 0 atom stereocenters. The van der Waals surface area contributed by atoms with Crippen LogP contribution in [0.3, 0.4) is 0 Å². The molecule has 0 bridgehead atoms. The van der Waals surface area contributed by atoms with Crippen LogP contribution >= 0.6 is 0 Å². The predicted octanol–water partition coefficient (Wildman–Crippen LogP) is 3.54. The molecule has 0 fully saturated rings. The van der Waals surface area contributed by atoms with Crippen molar-refractivity contribution in [3.05, 3.63) is 84.1 Å². The van der Waals surface area contributed by atoms with Gasteiger partial charge in [-0.3, -0.25) is 0 Å². The molecule has 5 heteroatoms. The molecule has 0 radical (unpaired) electrons. The van der Waals surface area contributed by atoms with Crippen molar-refractivity contribution >= 4 is 47.1 Å². The van der Waals surface area contributed by atoms with E-state index in [0.717, 1.165) is 16.8 Å². The Morgan fingerprint density at radius 3 is 2.24 bits per heavy atom.